The quantitative estimate of drug-likeness (QED) is 0.907. The molecule has 2 aromatic rings. The van der Waals surface area contributed by atoms with Gasteiger partial charge in [-0.05, 0) is 37.3 Å². The van der Waals surface area contributed by atoms with Gasteiger partial charge in [0.1, 0.15) is 0 Å². The van der Waals surface area contributed by atoms with Crippen molar-refractivity contribution in [2.75, 3.05) is 6.54 Å². The molecule has 1 aliphatic carbocycles. The molecule has 1 saturated heterocycles. The van der Waals surface area contributed by atoms with Crippen LogP contribution in [0.4, 0.5) is 0 Å². The fourth-order valence-electron chi connectivity index (χ4n) is 3.52. The summed E-state index contributed by atoms with van der Waals surface area (Å²) in [4.78, 5) is 19.2. The van der Waals surface area contributed by atoms with Gasteiger partial charge in [0.2, 0.25) is 0 Å². The van der Waals surface area contributed by atoms with Crippen molar-refractivity contribution >= 4 is 5.91 Å². The van der Waals surface area contributed by atoms with Crippen LogP contribution in [0.5, 0.6) is 0 Å². The number of rotatable bonds is 2. The average Bonchev–Trinajstić information content (AvgIpc) is 3.23. The standard InChI is InChI=1S/C15H16N4O/c20-15(19-9-10-3-4-12(19)6-10)13-2-1-5-16-14(13)11-7-17-18-8-11/h1-2,5,7-8,10,12H,3-4,6,9H2,(H,17,18)/t10-,12+/m0/s1. The highest BCUT2D eigenvalue weighted by Gasteiger charge is 2.40. The first kappa shape index (κ1) is 11.6. The third-order valence-electron chi connectivity index (χ3n) is 4.48. The van der Waals surface area contributed by atoms with Crippen LogP contribution in [0.1, 0.15) is 29.6 Å². The average molecular weight is 268 g/mol. The van der Waals surface area contributed by atoms with Gasteiger partial charge in [0, 0.05) is 30.5 Å². The summed E-state index contributed by atoms with van der Waals surface area (Å²) in [6.07, 6.45) is 8.79. The Kier molecular flexibility index (Phi) is 2.58. The van der Waals surface area contributed by atoms with E-state index < -0.39 is 0 Å². The number of nitrogens with zero attached hydrogens (tertiary/aromatic N) is 3. The number of likely N-dealkylation sites (tertiary alicyclic amines) is 1. The molecule has 0 radical (unpaired) electrons. The molecule has 1 N–H and O–H groups in total. The second-order valence-electron chi connectivity index (χ2n) is 5.68. The van der Waals surface area contributed by atoms with Crippen molar-refractivity contribution in [3.63, 3.8) is 0 Å². The summed E-state index contributed by atoms with van der Waals surface area (Å²) in [6.45, 7) is 0.906. The van der Waals surface area contributed by atoms with Crippen LogP contribution in [0.15, 0.2) is 30.7 Å². The maximum absolute atomic E-state index is 12.8. The Bertz CT molecular complexity index is 637. The molecular weight excluding hydrogens is 252 g/mol. The van der Waals surface area contributed by atoms with Crippen molar-refractivity contribution in [1.29, 1.82) is 0 Å². The summed E-state index contributed by atoms with van der Waals surface area (Å²) in [5, 5.41) is 6.72. The Labute approximate surface area is 117 Å². The van der Waals surface area contributed by atoms with Crippen LogP contribution in [0.2, 0.25) is 0 Å². The SMILES string of the molecule is O=C(c1cccnc1-c1cn[nH]c1)N1C[C@H]2CC[C@@H]1C2. The number of fused-ring (bicyclic) bond motifs is 2. The minimum Gasteiger partial charge on any atom is -0.335 e. The highest BCUT2D eigenvalue weighted by atomic mass is 16.2. The van der Waals surface area contributed by atoms with E-state index in [0.29, 0.717) is 23.2 Å². The Morgan fingerprint density at radius 2 is 2.35 bits per heavy atom. The van der Waals surface area contributed by atoms with E-state index in [0.717, 1.165) is 18.5 Å². The lowest BCUT2D eigenvalue weighted by Crippen LogP contribution is -2.37. The summed E-state index contributed by atoms with van der Waals surface area (Å²) >= 11 is 0. The largest absolute Gasteiger partial charge is 0.335 e. The topological polar surface area (TPSA) is 61.9 Å². The van der Waals surface area contributed by atoms with Crippen LogP contribution in [0.3, 0.4) is 0 Å². The van der Waals surface area contributed by atoms with E-state index in [1.54, 1.807) is 18.6 Å². The van der Waals surface area contributed by atoms with Gasteiger partial charge < -0.3 is 4.90 Å². The number of carbonyl (C=O) groups excluding carboxylic acids is 1. The van der Waals surface area contributed by atoms with Gasteiger partial charge in [-0.15, -0.1) is 0 Å². The minimum atomic E-state index is 0.113. The van der Waals surface area contributed by atoms with Gasteiger partial charge in [0.15, 0.2) is 0 Å². The lowest BCUT2D eigenvalue weighted by molar-refractivity contribution is 0.0704. The molecule has 5 heteroatoms. The number of piperidine rings is 1. The van der Waals surface area contributed by atoms with Crippen LogP contribution >= 0.6 is 0 Å². The first-order chi connectivity index (χ1) is 9.83. The van der Waals surface area contributed by atoms with E-state index in [4.69, 9.17) is 0 Å². The summed E-state index contributed by atoms with van der Waals surface area (Å²) in [5.41, 5.74) is 2.26. The number of hydrogen-bond acceptors (Lipinski definition) is 3. The van der Waals surface area contributed by atoms with Crippen molar-refractivity contribution in [1.82, 2.24) is 20.1 Å². The van der Waals surface area contributed by atoms with Crippen LogP contribution in [0, 0.1) is 5.92 Å². The molecule has 1 aliphatic heterocycles. The fourth-order valence-corrected chi connectivity index (χ4v) is 3.52. The van der Waals surface area contributed by atoms with E-state index in [-0.39, 0.29) is 5.91 Å². The van der Waals surface area contributed by atoms with Crippen molar-refractivity contribution < 1.29 is 4.79 Å². The Morgan fingerprint density at radius 1 is 1.40 bits per heavy atom. The van der Waals surface area contributed by atoms with Crippen LogP contribution in [0.25, 0.3) is 11.3 Å². The number of H-pyrrole nitrogens is 1. The zero-order valence-corrected chi connectivity index (χ0v) is 11.1. The van der Waals surface area contributed by atoms with Gasteiger partial charge in [-0.2, -0.15) is 5.10 Å². The minimum absolute atomic E-state index is 0.113. The van der Waals surface area contributed by atoms with E-state index >= 15 is 0 Å². The second-order valence-corrected chi connectivity index (χ2v) is 5.68. The molecule has 0 unspecified atom stereocenters. The van der Waals surface area contributed by atoms with Crippen molar-refractivity contribution in [2.24, 2.45) is 5.92 Å². The Morgan fingerprint density at radius 3 is 3.05 bits per heavy atom. The zero-order chi connectivity index (χ0) is 13.5. The smallest absolute Gasteiger partial charge is 0.256 e. The molecule has 2 bridgehead atoms. The maximum Gasteiger partial charge on any atom is 0.256 e. The van der Waals surface area contributed by atoms with Crippen LogP contribution in [-0.4, -0.2) is 38.6 Å². The fraction of sp³-hybridized carbons (Fsp3) is 0.400. The molecule has 0 aromatic carbocycles. The molecule has 4 rings (SSSR count). The summed E-state index contributed by atoms with van der Waals surface area (Å²) in [6, 6.07) is 4.12. The third kappa shape index (κ3) is 1.73. The number of nitrogens with one attached hydrogen (secondary N) is 1. The van der Waals surface area contributed by atoms with Gasteiger partial charge >= 0.3 is 0 Å². The predicted octanol–water partition coefficient (Wildman–Crippen LogP) is 2.10. The number of hydrogen-bond donors (Lipinski definition) is 1. The van der Waals surface area contributed by atoms with Gasteiger partial charge in [-0.25, -0.2) is 0 Å². The first-order valence-corrected chi connectivity index (χ1v) is 7.08. The van der Waals surface area contributed by atoms with E-state index in [9.17, 15) is 4.79 Å². The monoisotopic (exact) mass is 268 g/mol. The molecule has 3 heterocycles. The number of aromatic amines is 1. The summed E-state index contributed by atoms with van der Waals surface area (Å²) in [5.74, 6) is 0.819. The molecule has 1 saturated carbocycles. The summed E-state index contributed by atoms with van der Waals surface area (Å²) in [7, 11) is 0. The molecule has 102 valence electrons. The van der Waals surface area contributed by atoms with Crippen molar-refractivity contribution in [3.8, 4) is 11.3 Å². The first-order valence-electron chi connectivity index (χ1n) is 7.08. The normalized spacial score (nSPS) is 24.3. The third-order valence-corrected chi connectivity index (χ3v) is 4.48. The van der Waals surface area contributed by atoms with Crippen molar-refractivity contribution in [3.05, 3.63) is 36.3 Å². The van der Waals surface area contributed by atoms with E-state index in [1.807, 2.05) is 17.0 Å². The van der Waals surface area contributed by atoms with Crippen molar-refractivity contribution in [2.45, 2.75) is 25.3 Å². The van der Waals surface area contributed by atoms with Crippen LogP contribution in [-0.2, 0) is 0 Å². The van der Waals surface area contributed by atoms with Gasteiger partial charge in [-0.1, -0.05) is 0 Å². The van der Waals surface area contributed by atoms with Gasteiger partial charge in [-0.3, -0.25) is 14.9 Å². The molecule has 0 spiro atoms. The lowest BCUT2D eigenvalue weighted by atomic mass is 10.1. The molecule has 1 amide bonds. The number of aromatic nitrogens is 3. The molecule has 20 heavy (non-hydrogen) atoms. The van der Waals surface area contributed by atoms with Gasteiger partial charge in [0.05, 0.1) is 17.5 Å². The Hall–Kier alpha value is -2.17. The molecule has 5 nitrogen and oxygen atoms in total. The zero-order valence-electron chi connectivity index (χ0n) is 11.1. The molecule has 2 aromatic heterocycles. The molecular formula is C15H16N4O. The number of carbonyl (C=O) groups is 1. The van der Waals surface area contributed by atoms with E-state index in [1.165, 1.54) is 12.8 Å². The highest BCUT2D eigenvalue weighted by molar-refractivity contribution is 6.00. The predicted molar refractivity (Wildman–Crippen MR) is 74.0 cm³/mol. The molecule has 2 fully saturated rings. The van der Waals surface area contributed by atoms with E-state index in [2.05, 4.69) is 15.2 Å². The number of pyridine rings is 1. The van der Waals surface area contributed by atoms with Gasteiger partial charge in [0.25, 0.3) is 5.91 Å². The van der Waals surface area contributed by atoms with Crippen LogP contribution < -0.4 is 0 Å². The Balaban J connectivity index is 1.70. The number of amides is 1. The highest BCUT2D eigenvalue weighted by Crippen LogP contribution is 2.38. The molecule has 2 aliphatic rings. The molecule has 2 atom stereocenters. The maximum atomic E-state index is 12.8. The lowest BCUT2D eigenvalue weighted by Gasteiger charge is -2.27. The summed E-state index contributed by atoms with van der Waals surface area (Å²) < 4.78 is 0. The second kappa shape index (κ2) is 4.44.